The van der Waals surface area contributed by atoms with Gasteiger partial charge >= 0.3 is 0 Å². The summed E-state index contributed by atoms with van der Waals surface area (Å²) in [7, 11) is 2.06. The summed E-state index contributed by atoms with van der Waals surface area (Å²) in [5.74, 6) is 0.657. The van der Waals surface area contributed by atoms with Crippen molar-refractivity contribution in [1.29, 1.82) is 0 Å². The van der Waals surface area contributed by atoms with Crippen molar-refractivity contribution in [2.45, 2.75) is 45.2 Å². The van der Waals surface area contributed by atoms with Gasteiger partial charge in [-0.1, -0.05) is 12.5 Å². The van der Waals surface area contributed by atoms with Gasteiger partial charge in [-0.15, -0.1) is 0 Å². The van der Waals surface area contributed by atoms with Crippen LogP contribution in [0.2, 0.25) is 0 Å². The Hall–Kier alpha value is -0.930. The van der Waals surface area contributed by atoms with Crippen LogP contribution >= 0.6 is 0 Å². The summed E-state index contributed by atoms with van der Waals surface area (Å²) in [6.45, 7) is 6.87. The highest BCUT2D eigenvalue weighted by molar-refractivity contribution is 5.11. The number of hydrogen-bond acceptors (Lipinski definition) is 3. The average Bonchev–Trinajstić information content (AvgIpc) is 2.63. The largest absolute Gasteiger partial charge is 0.319 e. The van der Waals surface area contributed by atoms with E-state index in [2.05, 4.69) is 48.2 Å². The fourth-order valence-electron chi connectivity index (χ4n) is 3.29. The van der Waals surface area contributed by atoms with Gasteiger partial charge in [0.1, 0.15) is 0 Å². The van der Waals surface area contributed by atoms with Crippen molar-refractivity contribution in [2.75, 3.05) is 20.1 Å². The second kappa shape index (κ2) is 7.01. The Balaban J connectivity index is 2.31. The van der Waals surface area contributed by atoms with Gasteiger partial charge in [0.25, 0.3) is 0 Å². The summed E-state index contributed by atoms with van der Waals surface area (Å²) >= 11 is 0. The Kier molecular flexibility index (Phi) is 5.34. The van der Waals surface area contributed by atoms with Crippen LogP contribution in [-0.2, 0) is 0 Å². The molecule has 1 aliphatic heterocycles. The van der Waals surface area contributed by atoms with Gasteiger partial charge in [-0.05, 0) is 64.9 Å². The van der Waals surface area contributed by atoms with E-state index < -0.39 is 0 Å². The molecule has 0 aliphatic carbocycles. The third kappa shape index (κ3) is 3.54. The number of nitrogens with one attached hydrogen (secondary N) is 1. The van der Waals surface area contributed by atoms with Gasteiger partial charge < -0.3 is 5.32 Å². The molecule has 106 valence electrons. The predicted molar refractivity (Wildman–Crippen MR) is 80.1 cm³/mol. The van der Waals surface area contributed by atoms with Crippen LogP contribution in [0, 0.1) is 5.92 Å². The van der Waals surface area contributed by atoms with E-state index in [-0.39, 0.29) is 0 Å². The lowest BCUT2D eigenvalue weighted by Crippen LogP contribution is -2.40. The molecule has 3 heteroatoms. The minimum Gasteiger partial charge on any atom is -0.319 e. The van der Waals surface area contributed by atoms with Crippen LogP contribution in [0.1, 0.15) is 44.8 Å². The standard InChI is InChI=1S/C16H27N3/c1-13(2)19-11-7-5-8-14(12-17-3)16(19)15-9-4-6-10-18-15/h4,6,9-10,13-14,16-17H,5,7-8,11-12H2,1-3H3. The van der Waals surface area contributed by atoms with Crippen LogP contribution in [0.4, 0.5) is 0 Å². The average molecular weight is 261 g/mol. The number of nitrogens with zero attached hydrogens (tertiary/aromatic N) is 2. The van der Waals surface area contributed by atoms with Crippen molar-refractivity contribution in [1.82, 2.24) is 15.2 Å². The van der Waals surface area contributed by atoms with Gasteiger partial charge in [-0.3, -0.25) is 9.88 Å². The summed E-state index contributed by atoms with van der Waals surface area (Å²) in [5, 5.41) is 3.37. The molecule has 2 atom stereocenters. The Morgan fingerprint density at radius 1 is 1.37 bits per heavy atom. The first kappa shape index (κ1) is 14.5. The monoisotopic (exact) mass is 261 g/mol. The van der Waals surface area contributed by atoms with E-state index in [4.69, 9.17) is 0 Å². The molecule has 1 aliphatic rings. The summed E-state index contributed by atoms with van der Waals surface area (Å²) in [6.07, 6.45) is 5.86. The SMILES string of the molecule is CNCC1CCCCN(C(C)C)C1c1ccccn1. The zero-order valence-corrected chi connectivity index (χ0v) is 12.5. The summed E-state index contributed by atoms with van der Waals surface area (Å²) < 4.78 is 0. The predicted octanol–water partition coefficient (Wildman–Crippen LogP) is 2.85. The number of pyridine rings is 1. The van der Waals surface area contributed by atoms with Crippen molar-refractivity contribution >= 4 is 0 Å². The van der Waals surface area contributed by atoms with Crippen LogP contribution in [-0.4, -0.2) is 36.1 Å². The molecule has 2 rings (SSSR count). The molecule has 2 unspecified atom stereocenters. The van der Waals surface area contributed by atoms with E-state index in [1.807, 2.05) is 12.3 Å². The van der Waals surface area contributed by atoms with E-state index in [0.717, 1.165) is 6.54 Å². The molecule has 0 spiro atoms. The van der Waals surface area contributed by atoms with Gasteiger partial charge in [0, 0.05) is 12.2 Å². The van der Waals surface area contributed by atoms with E-state index in [0.29, 0.717) is 18.0 Å². The fraction of sp³-hybridized carbons (Fsp3) is 0.688. The maximum absolute atomic E-state index is 4.64. The maximum Gasteiger partial charge on any atom is 0.0578 e. The fourth-order valence-corrected chi connectivity index (χ4v) is 3.29. The Morgan fingerprint density at radius 2 is 2.21 bits per heavy atom. The van der Waals surface area contributed by atoms with Gasteiger partial charge in [0.05, 0.1) is 11.7 Å². The highest BCUT2D eigenvalue weighted by Gasteiger charge is 2.32. The van der Waals surface area contributed by atoms with Crippen molar-refractivity contribution in [3.8, 4) is 0 Å². The van der Waals surface area contributed by atoms with E-state index >= 15 is 0 Å². The maximum atomic E-state index is 4.64. The molecule has 2 heterocycles. The molecule has 1 aromatic rings. The van der Waals surface area contributed by atoms with Crippen molar-refractivity contribution in [3.05, 3.63) is 30.1 Å². The topological polar surface area (TPSA) is 28.2 Å². The molecule has 0 saturated carbocycles. The molecule has 3 nitrogen and oxygen atoms in total. The van der Waals surface area contributed by atoms with Crippen LogP contribution < -0.4 is 5.32 Å². The van der Waals surface area contributed by atoms with Crippen molar-refractivity contribution < 1.29 is 0 Å². The summed E-state index contributed by atoms with van der Waals surface area (Å²) in [4.78, 5) is 7.28. The van der Waals surface area contributed by atoms with Crippen LogP contribution in [0.15, 0.2) is 24.4 Å². The number of likely N-dealkylation sites (tertiary alicyclic amines) is 1. The third-order valence-electron chi connectivity index (χ3n) is 4.17. The van der Waals surface area contributed by atoms with Crippen LogP contribution in [0.3, 0.4) is 0 Å². The smallest absolute Gasteiger partial charge is 0.0578 e. The molecule has 1 N–H and O–H groups in total. The molecular weight excluding hydrogens is 234 g/mol. The first-order chi connectivity index (χ1) is 9.24. The van der Waals surface area contributed by atoms with Crippen LogP contribution in [0.25, 0.3) is 0 Å². The zero-order chi connectivity index (χ0) is 13.7. The summed E-state index contributed by atoms with van der Waals surface area (Å²) in [6, 6.07) is 7.34. The molecule has 0 radical (unpaired) electrons. The minimum absolute atomic E-state index is 0.455. The van der Waals surface area contributed by atoms with Gasteiger partial charge in [0.15, 0.2) is 0 Å². The van der Waals surface area contributed by atoms with E-state index in [1.165, 1.54) is 31.5 Å². The molecule has 1 aromatic heterocycles. The Morgan fingerprint density at radius 3 is 2.84 bits per heavy atom. The second-order valence-electron chi connectivity index (χ2n) is 5.84. The zero-order valence-electron chi connectivity index (χ0n) is 12.5. The molecule has 1 saturated heterocycles. The number of hydrogen-bond donors (Lipinski definition) is 1. The normalized spacial score (nSPS) is 25.5. The van der Waals surface area contributed by atoms with Crippen molar-refractivity contribution in [3.63, 3.8) is 0 Å². The molecule has 0 bridgehead atoms. The highest BCUT2D eigenvalue weighted by Crippen LogP contribution is 2.35. The first-order valence-electron chi connectivity index (χ1n) is 7.55. The lowest BCUT2D eigenvalue weighted by Gasteiger charge is -2.37. The Bertz CT molecular complexity index is 364. The molecule has 19 heavy (non-hydrogen) atoms. The molecule has 0 amide bonds. The lowest BCUT2D eigenvalue weighted by atomic mass is 9.91. The van der Waals surface area contributed by atoms with Gasteiger partial charge in [-0.25, -0.2) is 0 Å². The van der Waals surface area contributed by atoms with E-state index in [9.17, 15) is 0 Å². The third-order valence-corrected chi connectivity index (χ3v) is 4.17. The van der Waals surface area contributed by atoms with Crippen LogP contribution in [0.5, 0.6) is 0 Å². The second-order valence-corrected chi connectivity index (χ2v) is 5.84. The number of rotatable bonds is 4. The minimum atomic E-state index is 0.455. The number of aromatic nitrogens is 1. The Labute approximate surface area is 117 Å². The molecule has 1 fully saturated rings. The van der Waals surface area contributed by atoms with E-state index in [1.54, 1.807) is 0 Å². The molecular formula is C16H27N3. The summed E-state index contributed by atoms with van der Waals surface area (Å²) in [5.41, 5.74) is 1.23. The van der Waals surface area contributed by atoms with Crippen molar-refractivity contribution in [2.24, 2.45) is 5.92 Å². The highest BCUT2D eigenvalue weighted by atomic mass is 15.2. The van der Waals surface area contributed by atoms with Gasteiger partial charge in [0.2, 0.25) is 0 Å². The molecule has 0 aromatic carbocycles. The quantitative estimate of drug-likeness (QED) is 0.903. The van der Waals surface area contributed by atoms with Gasteiger partial charge in [-0.2, -0.15) is 0 Å². The first-order valence-corrected chi connectivity index (χ1v) is 7.55. The lowest BCUT2D eigenvalue weighted by molar-refractivity contribution is 0.115.